The highest BCUT2D eigenvalue weighted by Crippen LogP contribution is 2.19. The molecule has 0 aliphatic rings. The maximum Gasteiger partial charge on any atom is 0.339 e. The first-order valence-corrected chi connectivity index (χ1v) is 8.09. The Hall–Kier alpha value is -1.73. The van der Waals surface area contributed by atoms with Crippen LogP contribution in [0, 0.1) is 5.82 Å². The van der Waals surface area contributed by atoms with Gasteiger partial charge in [0.2, 0.25) is 0 Å². The lowest BCUT2D eigenvalue weighted by Gasteiger charge is -2.12. The van der Waals surface area contributed by atoms with Crippen LogP contribution in [-0.4, -0.2) is 18.5 Å². The summed E-state index contributed by atoms with van der Waals surface area (Å²) < 4.78 is 18.2. The molecule has 22 heavy (non-hydrogen) atoms. The smallest absolute Gasteiger partial charge is 0.339 e. The minimum atomic E-state index is -0.689. The Morgan fingerprint density at radius 3 is 2.82 bits per heavy atom. The van der Waals surface area contributed by atoms with Crippen LogP contribution < -0.4 is 5.32 Å². The van der Waals surface area contributed by atoms with Crippen molar-refractivity contribution in [1.82, 2.24) is 5.32 Å². The van der Waals surface area contributed by atoms with Gasteiger partial charge in [0, 0.05) is 9.35 Å². The van der Waals surface area contributed by atoms with Crippen molar-refractivity contribution >= 4 is 39.1 Å². The topological polar surface area (TPSA) is 55.4 Å². The predicted octanol–water partition coefficient (Wildman–Crippen LogP) is 3.68. The standard InChI is InChI=1S/C15H13BrFNO3S/c1-9(13-3-2-6-22-13)18-14(19)8-21-15(20)11-5-4-10(17)7-12(11)16/h2-7,9H,8H2,1H3,(H,18,19)/t9-/m1/s1. The van der Waals surface area contributed by atoms with E-state index in [1.54, 1.807) is 0 Å². The van der Waals surface area contributed by atoms with Gasteiger partial charge < -0.3 is 10.1 Å². The third-order valence-electron chi connectivity index (χ3n) is 2.83. The SMILES string of the molecule is C[C@@H](NC(=O)COC(=O)c1ccc(F)cc1Br)c1cccs1. The van der Waals surface area contributed by atoms with Gasteiger partial charge >= 0.3 is 5.97 Å². The second-order valence-electron chi connectivity index (χ2n) is 4.50. The fraction of sp³-hybridized carbons (Fsp3) is 0.200. The molecule has 1 heterocycles. The number of nitrogens with one attached hydrogen (secondary N) is 1. The summed E-state index contributed by atoms with van der Waals surface area (Å²) in [6, 6.07) is 7.28. The summed E-state index contributed by atoms with van der Waals surface area (Å²) in [7, 11) is 0. The van der Waals surface area contributed by atoms with Crippen molar-refractivity contribution in [3.8, 4) is 0 Å². The van der Waals surface area contributed by atoms with E-state index in [9.17, 15) is 14.0 Å². The van der Waals surface area contributed by atoms with Crippen LogP contribution >= 0.6 is 27.3 Å². The third kappa shape index (κ3) is 4.38. The summed E-state index contributed by atoms with van der Waals surface area (Å²) in [6.45, 7) is 1.46. The van der Waals surface area contributed by atoms with Crippen molar-refractivity contribution in [2.45, 2.75) is 13.0 Å². The summed E-state index contributed by atoms with van der Waals surface area (Å²) in [5.41, 5.74) is 0.167. The molecule has 0 spiro atoms. The Morgan fingerprint density at radius 2 is 2.18 bits per heavy atom. The number of rotatable bonds is 5. The van der Waals surface area contributed by atoms with Crippen molar-refractivity contribution in [3.63, 3.8) is 0 Å². The maximum atomic E-state index is 13.0. The van der Waals surface area contributed by atoms with Crippen molar-refractivity contribution < 1.29 is 18.7 Å². The molecular weight excluding hydrogens is 373 g/mol. The van der Waals surface area contributed by atoms with Crippen molar-refractivity contribution in [1.29, 1.82) is 0 Å². The lowest BCUT2D eigenvalue weighted by Crippen LogP contribution is -2.30. The number of carbonyl (C=O) groups is 2. The zero-order chi connectivity index (χ0) is 16.1. The van der Waals surface area contributed by atoms with Crippen LogP contribution in [0.2, 0.25) is 0 Å². The molecule has 0 saturated heterocycles. The van der Waals surface area contributed by atoms with Crippen LogP contribution in [0.5, 0.6) is 0 Å². The fourth-order valence-electron chi connectivity index (χ4n) is 1.76. The molecule has 1 atom stereocenters. The minimum Gasteiger partial charge on any atom is -0.452 e. The van der Waals surface area contributed by atoms with E-state index in [-0.39, 0.29) is 16.1 Å². The molecule has 1 aromatic carbocycles. The number of halogens is 2. The first kappa shape index (κ1) is 16.6. The molecule has 4 nitrogen and oxygen atoms in total. The van der Waals surface area contributed by atoms with Crippen LogP contribution in [0.25, 0.3) is 0 Å². The van der Waals surface area contributed by atoms with Gasteiger partial charge in [-0.3, -0.25) is 4.79 Å². The third-order valence-corrected chi connectivity index (χ3v) is 4.54. The Balaban J connectivity index is 1.86. The Labute approximate surface area is 139 Å². The van der Waals surface area contributed by atoms with Gasteiger partial charge in [-0.05, 0) is 52.5 Å². The molecule has 0 saturated carbocycles. The lowest BCUT2D eigenvalue weighted by atomic mass is 10.2. The molecule has 116 valence electrons. The molecule has 7 heteroatoms. The van der Waals surface area contributed by atoms with Gasteiger partial charge in [0.15, 0.2) is 6.61 Å². The molecular formula is C15H13BrFNO3S. The molecule has 2 rings (SSSR count). The van der Waals surface area contributed by atoms with Gasteiger partial charge in [0.05, 0.1) is 11.6 Å². The summed E-state index contributed by atoms with van der Waals surface area (Å²) in [5, 5.41) is 4.66. The van der Waals surface area contributed by atoms with Crippen LogP contribution in [-0.2, 0) is 9.53 Å². The Morgan fingerprint density at radius 1 is 1.41 bits per heavy atom. The molecule has 0 aliphatic heterocycles. The van der Waals surface area contributed by atoms with E-state index in [2.05, 4.69) is 21.2 Å². The van der Waals surface area contributed by atoms with Gasteiger partial charge in [-0.1, -0.05) is 6.07 Å². The number of hydrogen-bond donors (Lipinski definition) is 1. The largest absolute Gasteiger partial charge is 0.452 e. The average Bonchev–Trinajstić information content (AvgIpc) is 2.99. The van der Waals surface area contributed by atoms with Crippen LogP contribution in [0.3, 0.4) is 0 Å². The molecule has 1 amide bonds. The summed E-state index contributed by atoms with van der Waals surface area (Å²) in [5.74, 6) is -1.55. The summed E-state index contributed by atoms with van der Waals surface area (Å²) in [6.07, 6.45) is 0. The molecule has 0 fully saturated rings. The number of carbonyl (C=O) groups excluding carboxylic acids is 2. The molecule has 0 aliphatic carbocycles. The monoisotopic (exact) mass is 385 g/mol. The van der Waals surface area contributed by atoms with E-state index in [1.165, 1.54) is 17.4 Å². The molecule has 1 N–H and O–H groups in total. The second kappa shape index (κ2) is 7.51. The van der Waals surface area contributed by atoms with Crippen LogP contribution in [0.15, 0.2) is 40.2 Å². The highest BCUT2D eigenvalue weighted by molar-refractivity contribution is 9.10. The van der Waals surface area contributed by atoms with E-state index in [0.29, 0.717) is 0 Å². The van der Waals surface area contributed by atoms with Gasteiger partial charge in [0.1, 0.15) is 5.82 Å². The van der Waals surface area contributed by atoms with Crippen molar-refractivity contribution in [2.75, 3.05) is 6.61 Å². The molecule has 0 radical (unpaired) electrons. The summed E-state index contributed by atoms with van der Waals surface area (Å²) >= 11 is 4.61. The molecule has 1 aromatic heterocycles. The number of thiophene rings is 1. The number of benzene rings is 1. The predicted molar refractivity (Wildman–Crippen MR) is 85.3 cm³/mol. The van der Waals surface area contributed by atoms with E-state index in [0.717, 1.165) is 17.0 Å². The highest BCUT2D eigenvalue weighted by atomic mass is 79.9. The zero-order valence-corrected chi connectivity index (χ0v) is 14.0. The molecule has 2 aromatic rings. The Kier molecular flexibility index (Phi) is 5.68. The van der Waals surface area contributed by atoms with Gasteiger partial charge in [0.25, 0.3) is 5.91 Å². The van der Waals surface area contributed by atoms with E-state index in [4.69, 9.17) is 4.74 Å². The first-order valence-electron chi connectivity index (χ1n) is 6.42. The minimum absolute atomic E-state index is 0.149. The van der Waals surface area contributed by atoms with Gasteiger partial charge in [-0.25, -0.2) is 9.18 Å². The highest BCUT2D eigenvalue weighted by Gasteiger charge is 2.15. The summed E-state index contributed by atoms with van der Waals surface area (Å²) in [4.78, 5) is 24.6. The molecule has 0 unspecified atom stereocenters. The first-order chi connectivity index (χ1) is 10.5. The zero-order valence-electron chi connectivity index (χ0n) is 11.6. The average molecular weight is 386 g/mol. The van der Waals surface area contributed by atoms with E-state index < -0.39 is 24.3 Å². The number of hydrogen-bond acceptors (Lipinski definition) is 4. The Bertz CT molecular complexity index is 675. The fourth-order valence-corrected chi connectivity index (χ4v) is 3.00. The maximum absolute atomic E-state index is 13.0. The number of esters is 1. The van der Waals surface area contributed by atoms with Crippen LogP contribution in [0.1, 0.15) is 28.2 Å². The lowest BCUT2D eigenvalue weighted by molar-refractivity contribution is -0.124. The van der Waals surface area contributed by atoms with Gasteiger partial charge in [-0.2, -0.15) is 0 Å². The number of amides is 1. The normalized spacial score (nSPS) is 11.8. The van der Waals surface area contributed by atoms with Crippen molar-refractivity contribution in [3.05, 3.63) is 56.4 Å². The molecule has 0 bridgehead atoms. The van der Waals surface area contributed by atoms with E-state index >= 15 is 0 Å². The van der Waals surface area contributed by atoms with Crippen molar-refractivity contribution in [2.24, 2.45) is 0 Å². The van der Waals surface area contributed by atoms with Gasteiger partial charge in [-0.15, -0.1) is 11.3 Å². The van der Waals surface area contributed by atoms with Crippen LogP contribution in [0.4, 0.5) is 4.39 Å². The van der Waals surface area contributed by atoms with E-state index in [1.807, 2.05) is 24.4 Å². The quantitative estimate of drug-likeness (QED) is 0.798. The number of ether oxygens (including phenoxy) is 1. The second-order valence-corrected chi connectivity index (χ2v) is 6.34.